The third kappa shape index (κ3) is 5.04. The molecule has 0 aliphatic heterocycles. The largest absolute Gasteiger partial charge is 0.473 e. The maximum absolute atomic E-state index is 9.90. The number of nitrogens with one attached hydrogen (secondary N) is 1. The van der Waals surface area contributed by atoms with Gasteiger partial charge in [-0.1, -0.05) is 26.2 Å². The van der Waals surface area contributed by atoms with Gasteiger partial charge in [0.15, 0.2) is 0 Å². The van der Waals surface area contributed by atoms with Gasteiger partial charge in [0.25, 0.3) is 0 Å². The first-order chi connectivity index (χ1) is 9.25. The van der Waals surface area contributed by atoms with Crippen LogP contribution in [0.15, 0.2) is 6.20 Å². The Kier molecular flexibility index (Phi) is 6.00. The normalized spacial score (nSPS) is 25.8. The van der Waals surface area contributed by atoms with Crippen molar-refractivity contribution in [2.24, 2.45) is 5.92 Å². The van der Waals surface area contributed by atoms with Gasteiger partial charge in [0.1, 0.15) is 18.9 Å². The molecule has 5 nitrogen and oxygen atoms in total. The van der Waals surface area contributed by atoms with Gasteiger partial charge in [-0.25, -0.2) is 0 Å². The third-order valence-electron chi connectivity index (χ3n) is 3.74. The zero-order valence-electron chi connectivity index (χ0n) is 11.4. The average Bonchev–Trinajstić information content (AvgIpc) is 2.84. The number of ether oxygens (including phenoxy) is 1. The summed E-state index contributed by atoms with van der Waals surface area (Å²) in [6.45, 7) is 3.14. The highest BCUT2D eigenvalue weighted by molar-refractivity contribution is 6.99. The minimum absolute atomic E-state index is 0.263. The van der Waals surface area contributed by atoms with Crippen molar-refractivity contribution in [1.29, 1.82) is 0 Å². The molecular formula is C13H23N3O2S. The number of hydrogen-bond acceptors (Lipinski definition) is 6. The fourth-order valence-corrected chi connectivity index (χ4v) is 2.91. The number of aliphatic hydroxyl groups excluding tert-OH is 1. The van der Waals surface area contributed by atoms with Crippen LogP contribution in [0.1, 0.15) is 39.0 Å². The van der Waals surface area contributed by atoms with E-state index in [1.54, 1.807) is 6.20 Å². The lowest BCUT2D eigenvalue weighted by Gasteiger charge is -2.24. The van der Waals surface area contributed by atoms with Gasteiger partial charge in [-0.3, -0.25) is 0 Å². The lowest BCUT2D eigenvalue weighted by atomic mass is 9.97. The SMILES string of the molecule is CC1CCCCCC1NCC(O)COc1cnsn1. The second kappa shape index (κ2) is 7.77. The molecule has 1 saturated carbocycles. The molecule has 1 heterocycles. The Balaban J connectivity index is 1.65. The van der Waals surface area contributed by atoms with Crippen LogP contribution in [0, 0.1) is 5.92 Å². The van der Waals surface area contributed by atoms with E-state index in [4.69, 9.17) is 4.74 Å². The topological polar surface area (TPSA) is 67.3 Å². The summed E-state index contributed by atoms with van der Waals surface area (Å²) < 4.78 is 13.1. The number of aromatic nitrogens is 2. The van der Waals surface area contributed by atoms with E-state index in [1.165, 1.54) is 32.1 Å². The Morgan fingerprint density at radius 1 is 1.47 bits per heavy atom. The molecule has 1 aliphatic carbocycles. The molecule has 2 N–H and O–H groups in total. The minimum atomic E-state index is -0.503. The van der Waals surface area contributed by atoms with Crippen molar-refractivity contribution in [3.05, 3.63) is 6.20 Å². The van der Waals surface area contributed by atoms with Crippen LogP contribution in [0.2, 0.25) is 0 Å². The maximum atomic E-state index is 9.90. The van der Waals surface area contributed by atoms with Crippen molar-refractivity contribution >= 4 is 11.7 Å². The van der Waals surface area contributed by atoms with Crippen molar-refractivity contribution in [3.8, 4) is 5.88 Å². The van der Waals surface area contributed by atoms with Crippen LogP contribution in [-0.2, 0) is 0 Å². The molecule has 0 bridgehead atoms. The molecular weight excluding hydrogens is 262 g/mol. The van der Waals surface area contributed by atoms with Gasteiger partial charge in [-0.2, -0.15) is 4.37 Å². The average molecular weight is 285 g/mol. The van der Waals surface area contributed by atoms with Crippen LogP contribution in [0.3, 0.4) is 0 Å². The van der Waals surface area contributed by atoms with E-state index in [0.717, 1.165) is 11.7 Å². The first-order valence-electron chi connectivity index (χ1n) is 7.07. The summed E-state index contributed by atoms with van der Waals surface area (Å²) in [6, 6.07) is 0.526. The van der Waals surface area contributed by atoms with Gasteiger partial charge in [0, 0.05) is 12.6 Å². The Morgan fingerprint density at radius 3 is 3.11 bits per heavy atom. The second-order valence-corrected chi connectivity index (χ2v) is 5.90. The highest BCUT2D eigenvalue weighted by atomic mass is 32.1. The Bertz CT molecular complexity index is 348. The fraction of sp³-hybridized carbons (Fsp3) is 0.846. The predicted molar refractivity (Wildman–Crippen MR) is 75.5 cm³/mol. The molecule has 1 aromatic heterocycles. The van der Waals surface area contributed by atoms with Gasteiger partial charge in [-0.15, -0.1) is 4.37 Å². The monoisotopic (exact) mass is 285 g/mol. The van der Waals surface area contributed by atoms with Crippen molar-refractivity contribution in [1.82, 2.24) is 14.1 Å². The Labute approximate surface area is 118 Å². The standard InChI is InChI=1S/C13H23N3O2S/c1-10-5-3-2-4-6-12(10)14-7-11(17)9-18-13-8-15-19-16-13/h8,10-12,14,17H,2-7,9H2,1H3. The summed E-state index contributed by atoms with van der Waals surface area (Å²) in [6.07, 6.45) is 7.53. The van der Waals surface area contributed by atoms with Crippen LogP contribution >= 0.6 is 11.7 Å². The first kappa shape index (κ1) is 14.7. The molecule has 0 saturated heterocycles. The highest BCUT2D eigenvalue weighted by Crippen LogP contribution is 2.22. The maximum Gasteiger partial charge on any atom is 0.245 e. The van der Waals surface area contributed by atoms with E-state index in [2.05, 4.69) is 21.0 Å². The summed E-state index contributed by atoms with van der Waals surface area (Å²) in [5.74, 6) is 1.19. The Morgan fingerprint density at radius 2 is 2.32 bits per heavy atom. The molecule has 0 aromatic carbocycles. The number of nitrogens with zero attached hydrogens (tertiary/aromatic N) is 2. The summed E-state index contributed by atoms with van der Waals surface area (Å²) in [5, 5.41) is 13.4. The zero-order valence-corrected chi connectivity index (χ0v) is 12.2. The van der Waals surface area contributed by atoms with E-state index in [0.29, 0.717) is 24.4 Å². The molecule has 1 fully saturated rings. The van der Waals surface area contributed by atoms with Crippen molar-refractivity contribution in [2.45, 2.75) is 51.2 Å². The molecule has 1 aromatic rings. The molecule has 0 amide bonds. The molecule has 19 heavy (non-hydrogen) atoms. The van der Waals surface area contributed by atoms with Crippen molar-refractivity contribution < 1.29 is 9.84 Å². The van der Waals surface area contributed by atoms with Crippen LogP contribution < -0.4 is 10.1 Å². The molecule has 0 spiro atoms. The van der Waals surface area contributed by atoms with Gasteiger partial charge < -0.3 is 15.2 Å². The van der Waals surface area contributed by atoms with E-state index >= 15 is 0 Å². The molecule has 1 aliphatic rings. The van der Waals surface area contributed by atoms with Crippen LogP contribution in [0.4, 0.5) is 0 Å². The van der Waals surface area contributed by atoms with Crippen LogP contribution in [-0.4, -0.2) is 39.2 Å². The molecule has 6 heteroatoms. The molecule has 3 unspecified atom stereocenters. The first-order valence-corrected chi connectivity index (χ1v) is 7.80. The molecule has 108 valence electrons. The van der Waals surface area contributed by atoms with E-state index < -0.39 is 6.10 Å². The second-order valence-electron chi connectivity index (χ2n) is 5.34. The molecule has 2 rings (SSSR count). The minimum Gasteiger partial charge on any atom is -0.473 e. The third-order valence-corrected chi connectivity index (χ3v) is 4.20. The lowest BCUT2D eigenvalue weighted by Crippen LogP contribution is -2.41. The van der Waals surface area contributed by atoms with Gasteiger partial charge in [0.05, 0.1) is 11.7 Å². The molecule has 3 atom stereocenters. The van der Waals surface area contributed by atoms with Gasteiger partial charge in [0.2, 0.25) is 5.88 Å². The van der Waals surface area contributed by atoms with Crippen LogP contribution in [0.5, 0.6) is 5.88 Å². The fourth-order valence-electron chi connectivity index (χ4n) is 2.54. The summed E-state index contributed by atoms with van der Waals surface area (Å²) in [7, 11) is 0. The van der Waals surface area contributed by atoms with Gasteiger partial charge in [-0.05, 0) is 18.8 Å². The zero-order chi connectivity index (χ0) is 13.5. The Hall–Kier alpha value is -0.720. The van der Waals surface area contributed by atoms with E-state index in [1.807, 2.05) is 0 Å². The van der Waals surface area contributed by atoms with Crippen LogP contribution in [0.25, 0.3) is 0 Å². The number of hydrogen-bond donors (Lipinski definition) is 2. The predicted octanol–water partition coefficient (Wildman–Crippen LogP) is 1.84. The van der Waals surface area contributed by atoms with Gasteiger partial charge >= 0.3 is 0 Å². The number of aliphatic hydroxyl groups is 1. The van der Waals surface area contributed by atoms with E-state index in [9.17, 15) is 5.11 Å². The summed E-state index contributed by atoms with van der Waals surface area (Å²) in [5.41, 5.74) is 0. The lowest BCUT2D eigenvalue weighted by molar-refractivity contribution is 0.0987. The summed E-state index contributed by atoms with van der Waals surface area (Å²) in [4.78, 5) is 0. The number of rotatable bonds is 6. The summed E-state index contributed by atoms with van der Waals surface area (Å²) >= 11 is 1.11. The van der Waals surface area contributed by atoms with E-state index in [-0.39, 0.29) is 6.61 Å². The van der Waals surface area contributed by atoms with Crippen molar-refractivity contribution in [2.75, 3.05) is 13.2 Å². The quantitative estimate of drug-likeness (QED) is 0.781. The molecule has 0 radical (unpaired) electrons. The highest BCUT2D eigenvalue weighted by Gasteiger charge is 2.20. The smallest absolute Gasteiger partial charge is 0.245 e. The van der Waals surface area contributed by atoms with Crippen molar-refractivity contribution in [3.63, 3.8) is 0 Å².